The van der Waals surface area contributed by atoms with Gasteiger partial charge >= 0.3 is 0 Å². The third-order valence-corrected chi connectivity index (χ3v) is 6.54. The molecule has 2 aromatic rings. The molecule has 180 valence electrons. The maximum Gasteiger partial charge on any atom is 0.244 e. The molecule has 0 bridgehead atoms. The first-order chi connectivity index (χ1) is 15.5. The van der Waals surface area contributed by atoms with Crippen molar-refractivity contribution in [3.63, 3.8) is 0 Å². The summed E-state index contributed by atoms with van der Waals surface area (Å²) in [5.41, 5.74) is 2.31. The number of anilines is 1. The van der Waals surface area contributed by atoms with Gasteiger partial charge in [-0.05, 0) is 42.5 Å². The van der Waals surface area contributed by atoms with Gasteiger partial charge in [0.05, 0.1) is 11.9 Å². The number of aryl methyl sites for hydroxylation is 1. The largest absolute Gasteiger partial charge is 0.354 e. The standard InChI is InChI=1S/C25H35N3O4S/c1-6-23(25(30)26-16-19(2)3)27(17-21-13-11-10-12-20(21)4)24(29)18-28(33(5,31)32)22-14-8-7-9-15-22/h7-15,19,23H,6,16-18H2,1-5H3,(H,26,30). The van der Waals surface area contributed by atoms with Gasteiger partial charge in [-0.1, -0.05) is 63.2 Å². The first-order valence-corrected chi connectivity index (χ1v) is 13.0. The van der Waals surface area contributed by atoms with Crippen molar-refractivity contribution in [2.45, 2.75) is 46.7 Å². The Morgan fingerprint density at radius 2 is 1.61 bits per heavy atom. The number of carbonyl (C=O) groups is 2. The van der Waals surface area contributed by atoms with Crippen LogP contribution in [0.1, 0.15) is 38.3 Å². The zero-order valence-corrected chi connectivity index (χ0v) is 20.9. The van der Waals surface area contributed by atoms with Gasteiger partial charge in [-0.3, -0.25) is 13.9 Å². The first kappa shape index (κ1) is 26.4. The number of rotatable bonds is 11. The number of para-hydroxylation sites is 1. The van der Waals surface area contributed by atoms with Crippen LogP contribution in [0.3, 0.4) is 0 Å². The summed E-state index contributed by atoms with van der Waals surface area (Å²) in [7, 11) is -3.72. The number of hydrogen-bond donors (Lipinski definition) is 1. The SMILES string of the molecule is CCC(C(=O)NCC(C)C)N(Cc1ccccc1C)C(=O)CN(c1ccccc1)S(C)(=O)=O. The lowest BCUT2D eigenvalue weighted by Gasteiger charge is -2.33. The van der Waals surface area contributed by atoms with E-state index in [1.54, 1.807) is 30.3 Å². The van der Waals surface area contributed by atoms with Crippen molar-refractivity contribution in [1.29, 1.82) is 0 Å². The Balaban J connectivity index is 2.41. The molecule has 1 unspecified atom stereocenters. The monoisotopic (exact) mass is 473 g/mol. The van der Waals surface area contributed by atoms with E-state index >= 15 is 0 Å². The van der Waals surface area contributed by atoms with Crippen molar-refractivity contribution in [2.24, 2.45) is 5.92 Å². The summed E-state index contributed by atoms with van der Waals surface area (Å²) in [6, 6.07) is 15.5. The predicted molar refractivity (Wildman–Crippen MR) is 132 cm³/mol. The van der Waals surface area contributed by atoms with Gasteiger partial charge in [0.2, 0.25) is 21.8 Å². The Bertz CT molecular complexity index is 1040. The maximum absolute atomic E-state index is 13.6. The molecule has 0 aliphatic rings. The van der Waals surface area contributed by atoms with Crippen LogP contribution < -0.4 is 9.62 Å². The summed E-state index contributed by atoms with van der Waals surface area (Å²) in [5, 5.41) is 2.92. The van der Waals surface area contributed by atoms with Crippen LogP contribution in [-0.2, 0) is 26.2 Å². The molecule has 0 spiro atoms. The normalized spacial score (nSPS) is 12.3. The fraction of sp³-hybridized carbons (Fsp3) is 0.440. The van der Waals surface area contributed by atoms with Crippen LogP contribution in [0.4, 0.5) is 5.69 Å². The highest BCUT2D eigenvalue weighted by Crippen LogP contribution is 2.20. The highest BCUT2D eigenvalue weighted by molar-refractivity contribution is 7.92. The van der Waals surface area contributed by atoms with E-state index in [9.17, 15) is 18.0 Å². The fourth-order valence-corrected chi connectivity index (χ4v) is 4.37. The summed E-state index contributed by atoms with van der Waals surface area (Å²) in [6.07, 6.45) is 1.48. The van der Waals surface area contributed by atoms with Crippen molar-refractivity contribution in [2.75, 3.05) is 23.7 Å². The molecular formula is C25H35N3O4S. The quantitative estimate of drug-likeness (QED) is 0.542. The van der Waals surface area contributed by atoms with E-state index in [-0.39, 0.29) is 24.9 Å². The molecule has 2 rings (SSSR count). The molecule has 0 radical (unpaired) electrons. The first-order valence-electron chi connectivity index (χ1n) is 11.2. The van der Waals surface area contributed by atoms with Crippen molar-refractivity contribution in [1.82, 2.24) is 10.2 Å². The van der Waals surface area contributed by atoms with Gasteiger partial charge in [0, 0.05) is 13.1 Å². The molecule has 0 heterocycles. The lowest BCUT2D eigenvalue weighted by atomic mass is 10.1. The smallest absolute Gasteiger partial charge is 0.244 e. The molecule has 0 aliphatic heterocycles. The van der Waals surface area contributed by atoms with Gasteiger partial charge in [0.25, 0.3) is 0 Å². The van der Waals surface area contributed by atoms with Crippen LogP contribution in [0.2, 0.25) is 0 Å². The van der Waals surface area contributed by atoms with Crippen LogP contribution in [0.5, 0.6) is 0 Å². The van der Waals surface area contributed by atoms with Crippen LogP contribution in [0, 0.1) is 12.8 Å². The number of benzene rings is 2. The van der Waals surface area contributed by atoms with Gasteiger partial charge in [-0.25, -0.2) is 8.42 Å². The molecule has 1 N–H and O–H groups in total. The highest BCUT2D eigenvalue weighted by Gasteiger charge is 2.31. The molecule has 0 saturated carbocycles. The van der Waals surface area contributed by atoms with E-state index in [1.807, 2.05) is 52.0 Å². The predicted octanol–water partition coefficient (Wildman–Crippen LogP) is 3.34. The third-order valence-electron chi connectivity index (χ3n) is 5.40. The van der Waals surface area contributed by atoms with Gasteiger partial charge in [0.15, 0.2) is 0 Å². The second-order valence-corrected chi connectivity index (χ2v) is 10.5. The zero-order chi connectivity index (χ0) is 24.6. The van der Waals surface area contributed by atoms with Gasteiger partial charge in [0.1, 0.15) is 12.6 Å². The van der Waals surface area contributed by atoms with E-state index in [4.69, 9.17) is 0 Å². The van der Waals surface area contributed by atoms with Crippen LogP contribution >= 0.6 is 0 Å². The lowest BCUT2D eigenvalue weighted by molar-refractivity contribution is -0.140. The Morgan fingerprint density at radius 3 is 2.15 bits per heavy atom. The molecule has 7 nitrogen and oxygen atoms in total. The van der Waals surface area contributed by atoms with Crippen molar-refractivity contribution >= 4 is 27.5 Å². The molecule has 2 aromatic carbocycles. The number of sulfonamides is 1. The van der Waals surface area contributed by atoms with Crippen LogP contribution in [0.25, 0.3) is 0 Å². The minimum Gasteiger partial charge on any atom is -0.354 e. The number of carbonyl (C=O) groups excluding carboxylic acids is 2. The summed E-state index contributed by atoms with van der Waals surface area (Å²) in [5.74, 6) is -0.399. The topological polar surface area (TPSA) is 86.8 Å². The minimum absolute atomic E-state index is 0.214. The average molecular weight is 474 g/mol. The van der Waals surface area contributed by atoms with Crippen molar-refractivity contribution in [3.8, 4) is 0 Å². The molecule has 2 amide bonds. The minimum atomic E-state index is -3.72. The molecule has 0 saturated heterocycles. The van der Waals surface area contributed by atoms with Crippen molar-refractivity contribution in [3.05, 3.63) is 65.7 Å². The average Bonchev–Trinajstić information content (AvgIpc) is 2.76. The molecule has 0 aromatic heterocycles. The maximum atomic E-state index is 13.6. The molecule has 1 atom stereocenters. The number of hydrogen-bond acceptors (Lipinski definition) is 4. The van der Waals surface area contributed by atoms with E-state index in [0.29, 0.717) is 18.7 Å². The lowest BCUT2D eigenvalue weighted by Crippen LogP contribution is -2.52. The number of nitrogens with one attached hydrogen (secondary N) is 1. The van der Waals surface area contributed by atoms with Gasteiger partial charge in [-0.2, -0.15) is 0 Å². The molecular weight excluding hydrogens is 438 g/mol. The van der Waals surface area contributed by atoms with E-state index in [2.05, 4.69) is 5.32 Å². The summed E-state index contributed by atoms with van der Waals surface area (Å²) >= 11 is 0. The van der Waals surface area contributed by atoms with E-state index in [1.165, 1.54) is 4.90 Å². The highest BCUT2D eigenvalue weighted by atomic mass is 32.2. The Kier molecular flexibility index (Phi) is 9.46. The second-order valence-electron chi connectivity index (χ2n) is 8.62. The van der Waals surface area contributed by atoms with Crippen molar-refractivity contribution < 1.29 is 18.0 Å². The number of nitrogens with zero attached hydrogens (tertiary/aromatic N) is 2. The summed E-state index contributed by atoms with van der Waals surface area (Å²) < 4.78 is 26.1. The second kappa shape index (κ2) is 11.8. The third kappa shape index (κ3) is 7.60. The summed E-state index contributed by atoms with van der Waals surface area (Å²) in [4.78, 5) is 28.1. The molecule has 0 aliphatic carbocycles. The van der Waals surface area contributed by atoms with E-state index < -0.39 is 22.0 Å². The Hall–Kier alpha value is -2.87. The summed E-state index contributed by atoms with van der Waals surface area (Å²) in [6.45, 7) is 8.13. The zero-order valence-electron chi connectivity index (χ0n) is 20.1. The van der Waals surface area contributed by atoms with Crippen LogP contribution in [0.15, 0.2) is 54.6 Å². The molecule has 33 heavy (non-hydrogen) atoms. The Labute approximate surface area is 197 Å². The van der Waals surface area contributed by atoms with Gasteiger partial charge in [-0.15, -0.1) is 0 Å². The number of amides is 2. The molecule has 0 fully saturated rings. The van der Waals surface area contributed by atoms with Crippen LogP contribution in [-0.4, -0.2) is 50.5 Å². The molecule has 8 heteroatoms. The van der Waals surface area contributed by atoms with E-state index in [0.717, 1.165) is 21.7 Å². The fourth-order valence-electron chi connectivity index (χ4n) is 3.52. The van der Waals surface area contributed by atoms with Gasteiger partial charge < -0.3 is 10.2 Å². The Morgan fingerprint density at radius 1 is 1.00 bits per heavy atom.